The van der Waals surface area contributed by atoms with Gasteiger partial charge in [-0.1, -0.05) is 13.3 Å². The molecule has 0 spiro atoms. The van der Waals surface area contributed by atoms with E-state index in [2.05, 4.69) is 27.5 Å². The molecule has 0 unspecified atom stereocenters. The Hall–Kier alpha value is -2.96. The second kappa shape index (κ2) is 7.51. The van der Waals surface area contributed by atoms with Crippen molar-refractivity contribution in [3.63, 3.8) is 0 Å². The first-order valence-corrected chi connectivity index (χ1v) is 8.47. The molecule has 0 atom stereocenters. The first-order valence-electron chi connectivity index (χ1n) is 8.47. The van der Waals surface area contributed by atoms with Crippen LogP contribution >= 0.6 is 0 Å². The number of halogens is 2. The molecule has 0 radical (unpaired) electrons. The molecule has 0 saturated heterocycles. The zero-order chi connectivity index (χ0) is 18.7. The van der Waals surface area contributed by atoms with E-state index in [0.29, 0.717) is 22.2 Å². The van der Waals surface area contributed by atoms with E-state index < -0.39 is 11.6 Å². The van der Waals surface area contributed by atoms with Gasteiger partial charge in [0.1, 0.15) is 5.82 Å². The largest absolute Gasteiger partial charge is 0.370 e. The highest BCUT2D eigenvalue weighted by molar-refractivity contribution is 6.09. The van der Waals surface area contributed by atoms with Gasteiger partial charge in [0.2, 0.25) is 0 Å². The maximum atomic E-state index is 13.5. The maximum absolute atomic E-state index is 13.5. The zero-order valence-electron chi connectivity index (χ0n) is 14.6. The van der Waals surface area contributed by atoms with Crippen LogP contribution in [0.25, 0.3) is 10.9 Å². The van der Waals surface area contributed by atoms with Crippen LogP contribution in [0, 0.1) is 18.6 Å². The van der Waals surface area contributed by atoms with Crippen LogP contribution in [0.3, 0.4) is 0 Å². The Morgan fingerprint density at radius 3 is 2.73 bits per heavy atom. The number of benzene rings is 1. The summed E-state index contributed by atoms with van der Waals surface area (Å²) in [6.45, 7) is 4.82. The lowest BCUT2D eigenvalue weighted by molar-refractivity contribution is 0.102. The molecule has 3 aromatic rings. The molecule has 0 bridgehead atoms. The zero-order valence-corrected chi connectivity index (χ0v) is 14.6. The normalized spacial score (nSPS) is 10.9. The maximum Gasteiger partial charge on any atom is 0.257 e. The van der Waals surface area contributed by atoms with E-state index in [1.807, 2.05) is 6.92 Å². The molecule has 0 aliphatic rings. The number of H-pyrrole nitrogens is 1. The summed E-state index contributed by atoms with van der Waals surface area (Å²) < 4.78 is 26.8. The molecule has 0 aliphatic heterocycles. The van der Waals surface area contributed by atoms with Crippen molar-refractivity contribution in [3.05, 3.63) is 53.4 Å². The number of carbonyl (C=O) groups is 1. The lowest BCUT2D eigenvalue weighted by Crippen LogP contribution is -2.13. The summed E-state index contributed by atoms with van der Waals surface area (Å²) in [5.74, 6) is -1.53. The van der Waals surface area contributed by atoms with Crippen LogP contribution in [-0.4, -0.2) is 22.4 Å². The quantitative estimate of drug-likeness (QED) is 0.564. The van der Waals surface area contributed by atoms with Crippen molar-refractivity contribution < 1.29 is 13.6 Å². The molecule has 3 rings (SSSR count). The number of aromatic amines is 1. The highest BCUT2D eigenvalue weighted by Crippen LogP contribution is 2.26. The first-order chi connectivity index (χ1) is 12.5. The van der Waals surface area contributed by atoms with Gasteiger partial charge in [-0.05, 0) is 31.0 Å². The summed E-state index contributed by atoms with van der Waals surface area (Å²) in [6, 6.07) is 3.86. The van der Waals surface area contributed by atoms with Crippen LogP contribution < -0.4 is 10.6 Å². The molecule has 0 aliphatic carbocycles. The molecule has 1 amide bonds. The minimum Gasteiger partial charge on any atom is -0.370 e. The first kappa shape index (κ1) is 17.8. The van der Waals surface area contributed by atoms with E-state index >= 15 is 0 Å². The van der Waals surface area contributed by atoms with Crippen molar-refractivity contribution in [3.8, 4) is 0 Å². The van der Waals surface area contributed by atoms with Crippen LogP contribution in [0.1, 0.15) is 35.7 Å². The number of hydrogen-bond donors (Lipinski definition) is 3. The molecule has 0 fully saturated rings. The molecule has 2 aromatic heterocycles. The van der Waals surface area contributed by atoms with E-state index in [4.69, 9.17) is 0 Å². The molecule has 136 valence electrons. The van der Waals surface area contributed by atoms with Crippen molar-refractivity contribution in [2.24, 2.45) is 0 Å². The van der Waals surface area contributed by atoms with Crippen LogP contribution in [-0.2, 0) is 0 Å². The van der Waals surface area contributed by atoms with Crippen LogP contribution in [0.2, 0.25) is 0 Å². The van der Waals surface area contributed by atoms with Crippen molar-refractivity contribution >= 4 is 28.3 Å². The third kappa shape index (κ3) is 3.66. The van der Waals surface area contributed by atoms with Gasteiger partial charge >= 0.3 is 0 Å². The standard InChI is InChI=1S/C19H20F2N4O/c1-3-4-5-22-18-11(2)6-12(9-24-18)19(26)25-17-10-23-16-8-15(21)14(20)7-13(16)17/h6-10,23H,3-5H2,1-2H3,(H,22,24)(H,25,26). The highest BCUT2D eigenvalue weighted by atomic mass is 19.2. The molecule has 7 heteroatoms. The molecule has 1 aromatic carbocycles. The number of nitrogens with one attached hydrogen (secondary N) is 3. The minimum atomic E-state index is -0.965. The van der Waals surface area contributed by atoms with Crippen molar-refractivity contribution in [2.45, 2.75) is 26.7 Å². The summed E-state index contributed by atoms with van der Waals surface area (Å²) in [4.78, 5) is 19.6. The van der Waals surface area contributed by atoms with Gasteiger partial charge in [0, 0.05) is 30.4 Å². The number of fused-ring (bicyclic) bond motifs is 1. The average molecular weight is 358 g/mol. The monoisotopic (exact) mass is 358 g/mol. The van der Waals surface area contributed by atoms with Gasteiger partial charge in [-0.3, -0.25) is 4.79 Å². The van der Waals surface area contributed by atoms with E-state index in [-0.39, 0.29) is 5.91 Å². The van der Waals surface area contributed by atoms with Gasteiger partial charge in [-0.2, -0.15) is 0 Å². The second-order valence-corrected chi connectivity index (χ2v) is 6.14. The lowest BCUT2D eigenvalue weighted by atomic mass is 10.1. The third-order valence-corrected chi connectivity index (χ3v) is 4.13. The SMILES string of the molecule is CCCCNc1ncc(C(=O)Nc2c[nH]c3cc(F)c(F)cc23)cc1C. The van der Waals surface area contributed by atoms with E-state index in [9.17, 15) is 13.6 Å². The van der Waals surface area contributed by atoms with Gasteiger partial charge in [0.25, 0.3) is 5.91 Å². The highest BCUT2D eigenvalue weighted by Gasteiger charge is 2.14. The fraction of sp³-hybridized carbons (Fsp3) is 0.263. The van der Waals surface area contributed by atoms with E-state index in [1.54, 1.807) is 6.07 Å². The number of unbranched alkanes of at least 4 members (excludes halogenated alkanes) is 1. The summed E-state index contributed by atoms with van der Waals surface area (Å²) in [7, 11) is 0. The Kier molecular flexibility index (Phi) is 5.16. The minimum absolute atomic E-state index is 0.369. The van der Waals surface area contributed by atoms with Crippen molar-refractivity contribution in [1.82, 2.24) is 9.97 Å². The molecule has 5 nitrogen and oxygen atoms in total. The summed E-state index contributed by atoms with van der Waals surface area (Å²) in [5.41, 5.74) is 2.04. The number of aromatic nitrogens is 2. The predicted octanol–water partition coefficient (Wildman–Crippen LogP) is 4.61. The third-order valence-electron chi connectivity index (χ3n) is 4.13. The number of hydrogen-bond acceptors (Lipinski definition) is 3. The Labute approximate surface area is 149 Å². The smallest absolute Gasteiger partial charge is 0.257 e. The van der Waals surface area contributed by atoms with Gasteiger partial charge in [0.05, 0.1) is 16.8 Å². The van der Waals surface area contributed by atoms with Gasteiger partial charge in [-0.15, -0.1) is 0 Å². The average Bonchev–Trinajstić information content (AvgIpc) is 2.98. The van der Waals surface area contributed by atoms with E-state index in [0.717, 1.165) is 42.9 Å². The molecular formula is C19H20F2N4O. The van der Waals surface area contributed by atoms with Gasteiger partial charge in [-0.25, -0.2) is 13.8 Å². The summed E-state index contributed by atoms with van der Waals surface area (Å²) in [5, 5.41) is 6.35. The van der Waals surface area contributed by atoms with E-state index in [1.165, 1.54) is 12.4 Å². The molecular weight excluding hydrogens is 338 g/mol. The van der Waals surface area contributed by atoms with Gasteiger partial charge < -0.3 is 15.6 Å². The number of amides is 1. The number of aryl methyl sites for hydroxylation is 1. The topological polar surface area (TPSA) is 69.8 Å². The fourth-order valence-electron chi connectivity index (χ4n) is 2.68. The van der Waals surface area contributed by atoms with Crippen LogP contribution in [0.5, 0.6) is 0 Å². The predicted molar refractivity (Wildman–Crippen MR) is 98.5 cm³/mol. The number of nitrogens with zero attached hydrogens (tertiary/aromatic N) is 1. The molecule has 0 saturated carbocycles. The number of rotatable bonds is 6. The van der Waals surface area contributed by atoms with Crippen LogP contribution in [0.15, 0.2) is 30.6 Å². The summed E-state index contributed by atoms with van der Waals surface area (Å²) >= 11 is 0. The molecule has 3 N–H and O–H groups in total. The Bertz CT molecular complexity index is 952. The Morgan fingerprint density at radius 1 is 1.23 bits per heavy atom. The van der Waals surface area contributed by atoms with Crippen LogP contribution in [0.4, 0.5) is 20.3 Å². The fourth-order valence-corrected chi connectivity index (χ4v) is 2.68. The molecule has 26 heavy (non-hydrogen) atoms. The Morgan fingerprint density at radius 2 is 2.00 bits per heavy atom. The van der Waals surface area contributed by atoms with Crippen molar-refractivity contribution in [1.29, 1.82) is 0 Å². The summed E-state index contributed by atoms with van der Waals surface area (Å²) in [6.07, 6.45) is 5.12. The van der Waals surface area contributed by atoms with Gasteiger partial charge in [0.15, 0.2) is 11.6 Å². The number of pyridine rings is 1. The number of carbonyl (C=O) groups excluding carboxylic acids is 1. The lowest BCUT2D eigenvalue weighted by Gasteiger charge is -2.10. The van der Waals surface area contributed by atoms with Crippen molar-refractivity contribution in [2.75, 3.05) is 17.2 Å². The Balaban J connectivity index is 1.78. The molecule has 2 heterocycles. The second-order valence-electron chi connectivity index (χ2n) is 6.14. The number of anilines is 2.